The van der Waals surface area contributed by atoms with Crippen LogP contribution in [0, 0.1) is 5.82 Å². The monoisotopic (exact) mass is 371 g/mol. The number of aromatic nitrogens is 1. The van der Waals surface area contributed by atoms with Crippen molar-refractivity contribution in [3.05, 3.63) is 52.6 Å². The molecule has 1 aliphatic rings. The second-order valence-electron chi connectivity index (χ2n) is 8.07. The van der Waals surface area contributed by atoms with Gasteiger partial charge in [0.2, 0.25) is 0 Å². The molecule has 0 fully saturated rings. The van der Waals surface area contributed by atoms with Crippen LogP contribution in [-0.2, 0) is 16.8 Å². The number of rotatable bonds is 4. The van der Waals surface area contributed by atoms with E-state index in [1.54, 1.807) is 12.1 Å². The molecule has 1 aromatic heterocycles. The molecule has 0 saturated heterocycles. The number of aliphatic hydroxyl groups excluding tert-OH is 1. The number of halogens is 1. The van der Waals surface area contributed by atoms with Gasteiger partial charge in [0.1, 0.15) is 5.82 Å². The Kier molecular flexibility index (Phi) is 5.06. The third-order valence-electron chi connectivity index (χ3n) is 5.10. The topological polar surface area (TPSA) is 88.2 Å². The number of amides is 1. The number of hydrogen-bond acceptors (Lipinski definition) is 4. The second-order valence-corrected chi connectivity index (χ2v) is 8.07. The van der Waals surface area contributed by atoms with E-state index in [1.165, 1.54) is 12.1 Å². The average Bonchev–Trinajstić information content (AvgIpc) is 2.60. The first-order chi connectivity index (χ1) is 12.6. The van der Waals surface area contributed by atoms with Gasteiger partial charge in [0, 0.05) is 24.1 Å². The summed E-state index contributed by atoms with van der Waals surface area (Å²) in [6, 6.07) is 6.07. The third kappa shape index (κ3) is 3.47. The first-order valence-electron chi connectivity index (χ1n) is 9.14. The molecule has 0 radical (unpaired) electrons. The van der Waals surface area contributed by atoms with Crippen LogP contribution in [0.3, 0.4) is 0 Å². The van der Waals surface area contributed by atoms with Crippen LogP contribution in [0.15, 0.2) is 24.3 Å². The van der Waals surface area contributed by atoms with Crippen molar-refractivity contribution in [3.8, 4) is 11.1 Å². The van der Waals surface area contributed by atoms with E-state index >= 15 is 0 Å². The van der Waals surface area contributed by atoms with Crippen molar-refractivity contribution >= 4 is 5.91 Å². The van der Waals surface area contributed by atoms with Gasteiger partial charge in [-0.15, -0.1) is 0 Å². The minimum atomic E-state index is -1.48. The Balaban J connectivity index is 2.44. The molecule has 5 nitrogen and oxygen atoms in total. The van der Waals surface area contributed by atoms with E-state index in [-0.39, 0.29) is 17.2 Å². The van der Waals surface area contributed by atoms with Crippen molar-refractivity contribution in [2.45, 2.75) is 51.7 Å². The van der Waals surface area contributed by atoms with E-state index in [9.17, 15) is 14.3 Å². The van der Waals surface area contributed by atoms with Gasteiger partial charge < -0.3 is 16.2 Å². The Morgan fingerprint density at radius 2 is 1.93 bits per heavy atom. The van der Waals surface area contributed by atoms with Gasteiger partial charge in [0.25, 0.3) is 5.91 Å². The zero-order valence-electron chi connectivity index (χ0n) is 16.1. The summed E-state index contributed by atoms with van der Waals surface area (Å²) >= 11 is 0. The molecule has 1 unspecified atom stereocenters. The molecular formula is C21H26FN3O2. The van der Waals surface area contributed by atoms with Gasteiger partial charge in [-0.2, -0.15) is 0 Å². The third-order valence-corrected chi connectivity index (χ3v) is 5.10. The van der Waals surface area contributed by atoms with Crippen molar-refractivity contribution in [1.29, 1.82) is 0 Å². The smallest absolute Gasteiger partial charge is 0.250 e. The molecule has 1 amide bonds. The largest absolute Gasteiger partial charge is 0.378 e. The fourth-order valence-corrected chi connectivity index (χ4v) is 3.78. The van der Waals surface area contributed by atoms with Crippen molar-refractivity contribution < 1.29 is 14.3 Å². The lowest BCUT2D eigenvalue weighted by Gasteiger charge is -2.36. The maximum atomic E-state index is 13.5. The summed E-state index contributed by atoms with van der Waals surface area (Å²) < 4.78 is 13.5. The zero-order valence-corrected chi connectivity index (χ0v) is 16.1. The number of aliphatic hydroxyl groups is 1. The van der Waals surface area contributed by atoms with Gasteiger partial charge in [-0.3, -0.25) is 9.78 Å². The number of hydrogen-bond donors (Lipinski definition) is 3. The molecule has 2 aromatic rings. The molecule has 4 N–H and O–H groups in total. The molecule has 1 atom stereocenters. The maximum absolute atomic E-state index is 13.5. The summed E-state index contributed by atoms with van der Waals surface area (Å²) in [5, 5.41) is 14.0. The highest BCUT2D eigenvalue weighted by molar-refractivity contribution is 5.85. The summed E-state index contributed by atoms with van der Waals surface area (Å²) in [6.07, 6.45) is -1.48. The Hall–Kier alpha value is -2.31. The number of nitrogens with two attached hydrogens (primary N) is 1. The highest BCUT2D eigenvalue weighted by Gasteiger charge is 2.36. The molecule has 1 aliphatic heterocycles. The Morgan fingerprint density at radius 1 is 1.30 bits per heavy atom. The molecule has 0 aliphatic carbocycles. The van der Waals surface area contributed by atoms with Gasteiger partial charge in [-0.1, -0.05) is 39.8 Å². The van der Waals surface area contributed by atoms with Crippen LogP contribution in [0.5, 0.6) is 0 Å². The normalized spacial score (nSPS) is 16.9. The average molecular weight is 371 g/mol. The summed E-state index contributed by atoms with van der Waals surface area (Å²) in [6.45, 7) is 9.46. The quantitative estimate of drug-likeness (QED) is 0.771. The van der Waals surface area contributed by atoms with E-state index in [0.29, 0.717) is 17.8 Å². The highest BCUT2D eigenvalue weighted by Crippen LogP contribution is 2.42. The molecule has 0 spiro atoms. The van der Waals surface area contributed by atoms with Crippen LogP contribution >= 0.6 is 0 Å². The minimum Gasteiger partial charge on any atom is -0.378 e. The number of primary amides is 1. The van der Waals surface area contributed by atoms with Crippen molar-refractivity contribution in [2.75, 3.05) is 6.54 Å². The number of carbonyl (C=O) groups excluding carboxylic acids is 1. The van der Waals surface area contributed by atoms with Crippen molar-refractivity contribution in [2.24, 2.45) is 5.73 Å². The number of nitrogens with one attached hydrogen (secondary N) is 1. The summed E-state index contributed by atoms with van der Waals surface area (Å²) in [5.74, 6) is -1.20. The number of carbonyl (C=O) groups is 1. The van der Waals surface area contributed by atoms with Crippen LogP contribution in [0.25, 0.3) is 11.1 Å². The lowest BCUT2D eigenvalue weighted by Crippen LogP contribution is -2.41. The molecular weight excluding hydrogens is 345 g/mol. The van der Waals surface area contributed by atoms with Gasteiger partial charge >= 0.3 is 0 Å². The van der Waals surface area contributed by atoms with E-state index in [0.717, 1.165) is 28.9 Å². The van der Waals surface area contributed by atoms with E-state index < -0.39 is 12.0 Å². The Bertz CT molecular complexity index is 876. The van der Waals surface area contributed by atoms with Gasteiger partial charge in [0.15, 0.2) is 6.10 Å². The number of fused-ring (bicyclic) bond motifs is 1. The minimum absolute atomic E-state index is 0.0239. The van der Waals surface area contributed by atoms with E-state index in [2.05, 4.69) is 19.2 Å². The molecule has 3 rings (SSSR count). The number of nitrogens with zero attached hydrogens (tertiary/aromatic N) is 1. The van der Waals surface area contributed by atoms with Crippen molar-refractivity contribution in [1.82, 2.24) is 10.3 Å². The first-order valence-corrected chi connectivity index (χ1v) is 9.14. The van der Waals surface area contributed by atoms with Crippen LogP contribution in [0.2, 0.25) is 0 Å². The van der Waals surface area contributed by atoms with Crippen LogP contribution in [0.1, 0.15) is 62.2 Å². The molecule has 0 bridgehead atoms. The number of pyridine rings is 1. The summed E-state index contributed by atoms with van der Waals surface area (Å²) in [4.78, 5) is 16.8. The lowest BCUT2D eigenvalue weighted by atomic mass is 9.77. The van der Waals surface area contributed by atoms with Crippen LogP contribution in [0.4, 0.5) is 4.39 Å². The predicted molar refractivity (Wildman–Crippen MR) is 103 cm³/mol. The van der Waals surface area contributed by atoms with Crippen molar-refractivity contribution in [3.63, 3.8) is 0 Å². The standard InChI is InChI=1S/C21H26FN3O2/c1-11(2)17-16(18(26)20(23)27)15(12-5-7-13(22)8-6-12)14-9-24-10-21(3,4)19(14)25-17/h5-8,11,18,24,26H,9-10H2,1-4H3,(H2,23,27). The molecule has 2 heterocycles. The molecule has 1 aromatic carbocycles. The van der Waals surface area contributed by atoms with Crippen LogP contribution < -0.4 is 11.1 Å². The lowest BCUT2D eigenvalue weighted by molar-refractivity contribution is -0.126. The predicted octanol–water partition coefficient (Wildman–Crippen LogP) is 2.91. The number of benzene rings is 1. The highest BCUT2D eigenvalue weighted by atomic mass is 19.1. The molecule has 27 heavy (non-hydrogen) atoms. The molecule has 6 heteroatoms. The SMILES string of the molecule is CC(C)c1nc2c(c(-c3ccc(F)cc3)c1C(O)C(N)=O)CNCC2(C)C. The van der Waals surface area contributed by atoms with Gasteiger partial charge in [-0.25, -0.2) is 4.39 Å². The first kappa shape index (κ1) is 19.5. The Labute approximate surface area is 158 Å². The van der Waals surface area contributed by atoms with Gasteiger partial charge in [-0.05, 0) is 34.7 Å². The molecule has 144 valence electrons. The molecule has 0 saturated carbocycles. The van der Waals surface area contributed by atoms with E-state index in [1.807, 2.05) is 13.8 Å². The van der Waals surface area contributed by atoms with Crippen LogP contribution in [-0.4, -0.2) is 22.5 Å². The van der Waals surface area contributed by atoms with E-state index in [4.69, 9.17) is 10.7 Å². The Morgan fingerprint density at radius 3 is 2.48 bits per heavy atom. The second kappa shape index (κ2) is 7.02. The zero-order chi connectivity index (χ0) is 19.9. The maximum Gasteiger partial charge on any atom is 0.250 e. The summed E-state index contributed by atoms with van der Waals surface area (Å²) in [5.41, 5.74) is 9.59. The fraction of sp³-hybridized carbons (Fsp3) is 0.429. The summed E-state index contributed by atoms with van der Waals surface area (Å²) in [7, 11) is 0. The fourth-order valence-electron chi connectivity index (χ4n) is 3.78. The van der Waals surface area contributed by atoms with Gasteiger partial charge in [0.05, 0.1) is 11.4 Å².